The molecule has 1 aromatic carbocycles. The molecule has 0 unspecified atom stereocenters. The molecule has 3 rings (SSSR count). The molecule has 0 radical (unpaired) electrons. The zero-order valence-corrected chi connectivity index (χ0v) is 9.86. The van der Waals surface area contributed by atoms with Gasteiger partial charge in [0.2, 0.25) is 0 Å². The fraction of sp³-hybridized carbons (Fsp3) is 0. The Balaban J connectivity index is 2.12. The molecule has 0 bridgehead atoms. The lowest BCUT2D eigenvalue weighted by molar-refractivity contribution is 0.608. The fourth-order valence-corrected chi connectivity index (χ4v) is 1.78. The van der Waals surface area contributed by atoms with Gasteiger partial charge in [-0.3, -0.25) is 4.98 Å². The Morgan fingerprint density at radius 3 is 2.58 bits per heavy atom. The summed E-state index contributed by atoms with van der Waals surface area (Å²) in [6.45, 7) is 0. The smallest absolute Gasteiger partial charge is 0.157 e. The highest BCUT2D eigenvalue weighted by Gasteiger charge is 2.15. The molecule has 94 valence electrons. The molecule has 0 saturated heterocycles. The van der Waals surface area contributed by atoms with Crippen LogP contribution in [0.1, 0.15) is 0 Å². The normalized spacial score (nSPS) is 10.6. The van der Waals surface area contributed by atoms with Crippen LogP contribution in [0.4, 0.5) is 10.2 Å². The van der Waals surface area contributed by atoms with Crippen molar-refractivity contribution in [2.75, 3.05) is 5.73 Å². The van der Waals surface area contributed by atoms with Crippen LogP contribution in [0, 0.1) is 5.82 Å². The first kappa shape index (κ1) is 11.3. The highest BCUT2D eigenvalue weighted by Crippen LogP contribution is 2.24. The second-order valence-electron chi connectivity index (χ2n) is 3.90. The van der Waals surface area contributed by atoms with E-state index in [0.29, 0.717) is 11.4 Å². The number of rotatable bonds is 2. The van der Waals surface area contributed by atoms with Gasteiger partial charge in [-0.05, 0) is 24.3 Å². The van der Waals surface area contributed by atoms with Crippen molar-refractivity contribution in [3.63, 3.8) is 0 Å². The molecule has 0 saturated carbocycles. The minimum absolute atomic E-state index is 0.254. The van der Waals surface area contributed by atoms with Gasteiger partial charge in [0.15, 0.2) is 11.5 Å². The number of aromatic nitrogens is 4. The molecule has 0 spiro atoms. The summed E-state index contributed by atoms with van der Waals surface area (Å²) in [5, 5.41) is 7.85. The van der Waals surface area contributed by atoms with Gasteiger partial charge >= 0.3 is 0 Å². The van der Waals surface area contributed by atoms with E-state index in [9.17, 15) is 4.39 Å². The maximum absolute atomic E-state index is 13.7. The molecule has 0 aliphatic heterocycles. The maximum atomic E-state index is 13.7. The first-order valence-corrected chi connectivity index (χ1v) is 5.65. The van der Waals surface area contributed by atoms with E-state index in [2.05, 4.69) is 15.3 Å². The fourth-order valence-electron chi connectivity index (χ4n) is 1.78. The number of nitrogens with two attached hydrogens (primary N) is 1. The number of pyridine rings is 1. The lowest BCUT2D eigenvalue weighted by atomic mass is 10.2. The number of nitrogens with zero attached hydrogens (tertiary/aromatic N) is 4. The number of para-hydroxylation sites is 1. The molecule has 0 amide bonds. The summed E-state index contributed by atoms with van der Waals surface area (Å²) in [7, 11) is 0. The van der Waals surface area contributed by atoms with Crippen molar-refractivity contribution >= 4 is 5.82 Å². The van der Waals surface area contributed by atoms with E-state index < -0.39 is 5.82 Å². The van der Waals surface area contributed by atoms with Crippen molar-refractivity contribution in [1.29, 1.82) is 0 Å². The van der Waals surface area contributed by atoms with Gasteiger partial charge in [-0.2, -0.15) is 4.68 Å². The van der Waals surface area contributed by atoms with Crippen LogP contribution in [0.15, 0.2) is 48.7 Å². The summed E-state index contributed by atoms with van der Waals surface area (Å²) >= 11 is 0. The van der Waals surface area contributed by atoms with Gasteiger partial charge in [0, 0.05) is 6.20 Å². The summed E-state index contributed by atoms with van der Waals surface area (Å²) in [4.78, 5) is 4.15. The van der Waals surface area contributed by atoms with Crippen LogP contribution in [0.2, 0.25) is 0 Å². The Morgan fingerprint density at radius 2 is 1.84 bits per heavy atom. The highest BCUT2D eigenvalue weighted by atomic mass is 19.1. The predicted molar refractivity (Wildman–Crippen MR) is 69.0 cm³/mol. The van der Waals surface area contributed by atoms with Crippen LogP contribution >= 0.6 is 0 Å². The van der Waals surface area contributed by atoms with Gasteiger partial charge in [0.05, 0.1) is 5.69 Å². The first-order valence-electron chi connectivity index (χ1n) is 5.65. The van der Waals surface area contributed by atoms with E-state index in [1.165, 1.54) is 10.7 Å². The van der Waals surface area contributed by atoms with Crippen LogP contribution in [-0.4, -0.2) is 20.0 Å². The van der Waals surface area contributed by atoms with Crippen LogP contribution < -0.4 is 5.73 Å². The van der Waals surface area contributed by atoms with E-state index in [1.807, 2.05) is 6.07 Å². The number of nitrogen functional groups attached to an aromatic ring is 1. The van der Waals surface area contributed by atoms with Gasteiger partial charge < -0.3 is 5.73 Å². The van der Waals surface area contributed by atoms with Crippen LogP contribution in [0.3, 0.4) is 0 Å². The molecule has 2 aromatic heterocycles. The molecule has 2 heterocycles. The highest BCUT2D eigenvalue weighted by molar-refractivity contribution is 5.67. The van der Waals surface area contributed by atoms with Gasteiger partial charge in [-0.15, -0.1) is 5.10 Å². The zero-order valence-electron chi connectivity index (χ0n) is 9.86. The molecule has 6 heteroatoms. The summed E-state index contributed by atoms with van der Waals surface area (Å²) in [5.74, 6) is -0.157. The third-order valence-electron chi connectivity index (χ3n) is 2.69. The average Bonchev–Trinajstić information content (AvgIpc) is 2.82. The summed E-state index contributed by atoms with van der Waals surface area (Å²) in [5.41, 5.74) is 7.26. The van der Waals surface area contributed by atoms with Gasteiger partial charge in [-0.25, -0.2) is 4.39 Å². The third kappa shape index (κ3) is 1.93. The molecule has 5 nitrogen and oxygen atoms in total. The third-order valence-corrected chi connectivity index (χ3v) is 2.69. The van der Waals surface area contributed by atoms with Crippen LogP contribution in [-0.2, 0) is 0 Å². The molecule has 0 atom stereocenters. The first-order chi connectivity index (χ1) is 9.27. The zero-order chi connectivity index (χ0) is 13.2. The second kappa shape index (κ2) is 4.49. The molecular weight excluding hydrogens is 245 g/mol. The molecule has 2 N–H and O–H groups in total. The van der Waals surface area contributed by atoms with E-state index in [1.54, 1.807) is 36.5 Å². The average molecular weight is 255 g/mol. The number of benzene rings is 1. The van der Waals surface area contributed by atoms with Crippen molar-refractivity contribution in [3.05, 3.63) is 54.5 Å². The molecule has 3 aromatic rings. The van der Waals surface area contributed by atoms with Gasteiger partial charge in [-0.1, -0.05) is 23.4 Å². The van der Waals surface area contributed by atoms with Gasteiger partial charge in [0.1, 0.15) is 11.5 Å². The Morgan fingerprint density at radius 1 is 1.05 bits per heavy atom. The second-order valence-corrected chi connectivity index (χ2v) is 3.90. The van der Waals surface area contributed by atoms with Crippen molar-refractivity contribution in [1.82, 2.24) is 20.0 Å². The van der Waals surface area contributed by atoms with Crippen LogP contribution in [0.25, 0.3) is 17.1 Å². The largest absolute Gasteiger partial charge is 0.382 e. The Bertz CT molecular complexity index is 708. The SMILES string of the molecule is Nc1c(-c2ccccn2)nnn1-c1ccccc1F. The van der Waals surface area contributed by atoms with Crippen molar-refractivity contribution < 1.29 is 4.39 Å². The number of hydrogen-bond donors (Lipinski definition) is 1. The minimum atomic E-state index is -0.410. The molecule has 19 heavy (non-hydrogen) atoms. The summed E-state index contributed by atoms with van der Waals surface area (Å²) in [6, 6.07) is 11.6. The standard InChI is InChI=1S/C13H10FN5/c14-9-5-1-2-7-11(9)19-13(15)12(17-18-19)10-6-3-4-8-16-10/h1-8H,15H2. The van der Waals surface area contributed by atoms with Crippen molar-refractivity contribution in [2.24, 2.45) is 0 Å². The summed E-state index contributed by atoms with van der Waals surface area (Å²) in [6.07, 6.45) is 1.64. The number of hydrogen-bond acceptors (Lipinski definition) is 4. The van der Waals surface area contributed by atoms with E-state index >= 15 is 0 Å². The topological polar surface area (TPSA) is 69.6 Å². The minimum Gasteiger partial charge on any atom is -0.382 e. The van der Waals surface area contributed by atoms with E-state index in [0.717, 1.165) is 0 Å². The number of anilines is 1. The summed E-state index contributed by atoms with van der Waals surface area (Å²) < 4.78 is 15.0. The molecular formula is C13H10FN5. The Kier molecular flexibility index (Phi) is 2.68. The van der Waals surface area contributed by atoms with Gasteiger partial charge in [0.25, 0.3) is 0 Å². The Hall–Kier alpha value is -2.76. The lowest BCUT2D eigenvalue weighted by Gasteiger charge is -2.04. The van der Waals surface area contributed by atoms with Crippen molar-refractivity contribution in [3.8, 4) is 17.1 Å². The van der Waals surface area contributed by atoms with Crippen molar-refractivity contribution in [2.45, 2.75) is 0 Å². The molecule has 0 fully saturated rings. The lowest BCUT2D eigenvalue weighted by Crippen LogP contribution is -2.04. The quantitative estimate of drug-likeness (QED) is 0.760. The predicted octanol–water partition coefficient (Wildman–Crippen LogP) is 2.05. The monoisotopic (exact) mass is 255 g/mol. The van der Waals surface area contributed by atoms with E-state index in [4.69, 9.17) is 5.73 Å². The maximum Gasteiger partial charge on any atom is 0.157 e. The van der Waals surface area contributed by atoms with E-state index in [-0.39, 0.29) is 11.5 Å². The number of halogens is 1. The van der Waals surface area contributed by atoms with Crippen LogP contribution in [0.5, 0.6) is 0 Å². The molecule has 0 aliphatic carbocycles. The molecule has 0 aliphatic rings. The Labute approximate surface area is 108 Å².